The molecule has 0 fully saturated rings. The van der Waals surface area contributed by atoms with Gasteiger partial charge >= 0.3 is 0 Å². The molecule has 122 valence electrons. The molecule has 4 rings (SSSR count). The van der Waals surface area contributed by atoms with Gasteiger partial charge in [-0.05, 0) is 24.3 Å². The van der Waals surface area contributed by atoms with Crippen molar-refractivity contribution in [3.8, 4) is 22.8 Å². The molecule has 0 atom stereocenters. The zero-order chi connectivity index (χ0) is 17.4. The Kier molecular flexibility index (Phi) is 3.42. The Labute approximate surface area is 142 Å². The summed E-state index contributed by atoms with van der Waals surface area (Å²) in [5, 5.41) is 0. The van der Waals surface area contributed by atoms with Gasteiger partial charge in [0.1, 0.15) is 11.4 Å². The van der Waals surface area contributed by atoms with Gasteiger partial charge < -0.3 is 5.73 Å². The largest absolute Gasteiger partial charge is 0.369 e. The lowest BCUT2D eigenvalue weighted by Gasteiger charge is -2.10. The molecule has 4 aromatic rings. The fraction of sp³-hybridized carbons (Fsp3) is 0.0588. The highest BCUT2D eigenvalue weighted by molar-refractivity contribution is 5.82. The lowest BCUT2D eigenvalue weighted by Crippen LogP contribution is -2.23. The smallest absolute Gasteiger partial charge is 0.282 e. The maximum Gasteiger partial charge on any atom is 0.282 e. The quantitative estimate of drug-likeness (QED) is 0.591. The molecular formula is C17H13N7O. The van der Waals surface area contributed by atoms with Crippen LogP contribution in [-0.2, 0) is 7.05 Å². The summed E-state index contributed by atoms with van der Waals surface area (Å²) in [6.45, 7) is 0. The second kappa shape index (κ2) is 5.75. The monoisotopic (exact) mass is 331 g/mol. The zero-order valence-corrected chi connectivity index (χ0v) is 13.3. The molecule has 2 N–H and O–H groups in total. The third-order valence-corrected chi connectivity index (χ3v) is 3.76. The summed E-state index contributed by atoms with van der Waals surface area (Å²) < 4.78 is 1.24. The molecular weight excluding hydrogens is 318 g/mol. The first kappa shape index (κ1) is 14.9. The lowest BCUT2D eigenvalue weighted by atomic mass is 10.1. The minimum atomic E-state index is -0.361. The van der Waals surface area contributed by atoms with Gasteiger partial charge in [-0.25, -0.2) is 9.97 Å². The number of rotatable bonds is 2. The van der Waals surface area contributed by atoms with Gasteiger partial charge in [0.05, 0.1) is 11.4 Å². The molecule has 4 aromatic heterocycles. The first-order valence-electron chi connectivity index (χ1n) is 7.52. The van der Waals surface area contributed by atoms with Crippen molar-refractivity contribution in [2.75, 3.05) is 5.73 Å². The van der Waals surface area contributed by atoms with Crippen LogP contribution in [0.1, 0.15) is 0 Å². The first-order chi connectivity index (χ1) is 12.1. The fourth-order valence-corrected chi connectivity index (χ4v) is 2.46. The van der Waals surface area contributed by atoms with Crippen LogP contribution in [0.5, 0.6) is 0 Å². The molecule has 0 unspecified atom stereocenters. The number of nitrogen functional groups attached to an aromatic ring is 1. The molecule has 0 aromatic carbocycles. The SMILES string of the molecule is Cn1c(N)nc2nc(-c3ccccn3)c(-c3ccccn3)nc2c1=O. The Morgan fingerprint density at radius 2 is 1.48 bits per heavy atom. The van der Waals surface area contributed by atoms with Crippen LogP contribution >= 0.6 is 0 Å². The standard InChI is InChI=1S/C17H13N7O/c1-24-16(25)14-15(23-17(24)18)22-13(11-7-3-5-9-20-11)12(21-14)10-6-2-4-8-19-10/h2-9H,1H3,(H2,18,22,23). The van der Waals surface area contributed by atoms with Gasteiger partial charge in [0.2, 0.25) is 5.95 Å². The van der Waals surface area contributed by atoms with Crippen molar-refractivity contribution in [1.82, 2.24) is 29.5 Å². The summed E-state index contributed by atoms with van der Waals surface area (Å²) in [5.41, 5.74) is 7.90. The maximum absolute atomic E-state index is 12.5. The van der Waals surface area contributed by atoms with E-state index in [2.05, 4.69) is 24.9 Å². The highest BCUT2D eigenvalue weighted by atomic mass is 16.1. The molecule has 0 aliphatic carbocycles. The molecule has 25 heavy (non-hydrogen) atoms. The summed E-state index contributed by atoms with van der Waals surface area (Å²) >= 11 is 0. The van der Waals surface area contributed by atoms with Crippen LogP contribution in [0.4, 0.5) is 5.95 Å². The van der Waals surface area contributed by atoms with E-state index < -0.39 is 0 Å². The summed E-state index contributed by atoms with van der Waals surface area (Å²) in [6, 6.07) is 10.9. The molecule has 0 bridgehead atoms. The third kappa shape index (κ3) is 2.49. The van der Waals surface area contributed by atoms with E-state index in [1.807, 2.05) is 24.3 Å². The van der Waals surface area contributed by atoms with E-state index in [-0.39, 0.29) is 22.7 Å². The van der Waals surface area contributed by atoms with Gasteiger partial charge in [0.15, 0.2) is 11.2 Å². The third-order valence-electron chi connectivity index (χ3n) is 3.76. The van der Waals surface area contributed by atoms with Crippen molar-refractivity contribution < 1.29 is 0 Å². The first-order valence-corrected chi connectivity index (χ1v) is 7.52. The van der Waals surface area contributed by atoms with Gasteiger partial charge in [-0.2, -0.15) is 4.98 Å². The molecule has 0 saturated carbocycles. The Morgan fingerprint density at radius 3 is 2.04 bits per heavy atom. The van der Waals surface area contributed by atoms with E-state index in [1.165, 1.54) is 4.57 Å². The van der Waals surface area contributed by atoms with Crippen molar-refractivity contribution in [3.63, 3.8) is 0 Å². The number of pyridine rings is 2. The van der Waals surface area contributed by atoms with Crippen molar-refractivity contribution in [2.24, 2.45) is 7.05 Å². The van der Waals surface area contributed by atoms with Crippen LogP contribution in [0, 0.1) is 0 Å². The summed E-state index contributed by atoms with van der Waals surface area (Å²) in [6.07, 6.45) is 3.32. The Morgan fingerprint density at radius 1 is 0.880 bits per heavy atom. The second-order valence-corrected chi connectivity index (χ2v) is 5.36. The van der Waals surface area contributed by atoms with E-state index in [4.69, 9.17) is 5.73 Å². The van der Waals surface area contributed by atoms with Crippen LogP contribution < -0.4 is 11.3 Å². The van der Waals surface area contributed by atoms with Gasteiger partial charge in [0.25, 0.3) is 5.56 Å². The Bertz CT molecular complexity index is 1120. The topological polar surface area (TPSA) is 112 Å². The van der Waals surface area contributed by atoms with E-state index in [0.717, 1.165) is 0 Å². The minimum Gasteiger partial charge on any atom is -0.369 e. The number of nitrogens with two attached hydrogens (primary N) is 1. The minimum absolute atomic E-state index is 0.0735. The average Bonchev–Trinajstić information content (AvgIpc) is 2.67. The number of nitrogens with zero attached hydrogens (tertiary/aromatic N) is 6. The van der Waals surface area contributed by atoms with Crippen LogP contribution in [0.15, 0.2) is 53.6 Å². The second-order valence-electron chi connectivity index (χ2n) is 5.36. The number of aromatic nitrogens is 6. The predicted octanol–water partition coefficient (Wildman–Crippen LogP) is 1.43. The van der Waals surface area contributed by atoms with Crippen molar-refractivity contribution in [2.45, 2.75) is 0 Å². The molecule has 4 heterocycles. The van der Waals surface area contributed by atoms with Crippen molar-refractivity contribution in [3.05, 3.63) is 59.1 Å². The number of anilines is 1. The summed E-state index contributed by atoms with van der Waals surface area (Å²) in [5.74, 6) is 0.0735. The van der Waals surface area contributed by atoms with E-state index in [0.29, 0.717) is 22.8 Å². The molecule has 0 amide bonds. The predicted molar refractivity (Wildman–Crippen MR) is 93.4 cm³/mol. The van der Waals surface area contributed by atoms with Crippen molar-refractivity contribution >= 4 is 17.1 Å². The van der Waals surface area contributed by atoms with Gasteiger partial charge in [0, 0.05) is 19.4 Å². The normalized spacial score (nSPS) is 10.9. The number of fused-ring (bicyclic) bond motifs is 1. The summed E-state index contributed by atoms with van der Waals surface area (Å²) in [7, 11) is 1.54. The molecule has 8 nitrogen and oxygen atoms in total. The lowest BCUT2D eigenvalue weighted by molar-refractivity contribution is 0.853. The number of hydrogen-bond donors (Lipinski definition) is 1. The van der Waals surface area contributed by atoms with Crippen LogP contribution in [0.25, 0.3) is 33.9 Å². The Hall–Kier alpha value is -3.68. The maximum atomic E-state index is 12.5. The molecule has 0 spiro atoms. The highest BCUT2D eigenvalue weighted by Gasteiger charge is 2.18. The summed E-state index contributed by atoms with van der Waals surface area (Å²) in [4.78, 5) is 34.3. The van der Waals surface area contributed by atoms with Gasteiger partial charge in [-0.15, -0.1) is 0 Å². The van der Waals surface area contributed by atoms with Gasteiger partial charge in [-0.1, -0.05) is 12.1 Å². The highest BCUT2D eigenvalue weighted by Crippen LogP contribution is 2.27. The average molecular weight is 331 g/mol. The fourth-order valence-electron chi connectivity index (χ4n) is 2.46. The molecule has 0 saturated heterocycles. The van der Waals surface area contributed by atoms with Crippen LogP contribution in [-0.4, -0.2) is 29.5 Å². The Balaban J connectivity index is 2.12. The van der Waals surface area contributed by atoms with E-state index in [1.54, 1.807) is 31.6 Å². The molecule has 8 heteroatoms. The number of hydrogen-bond acceptors (Lipinski definition) is 7. The van der Waals surface area contributed by atoms with Gasteiger partial charge in [-0.3, -0.25) is 19.3 Å². The molecule has 0 aliphatic heterocycles. The molecule has 0 aliphatic rings. The van der Waals surface area contributed by atoms with E-state index >= 15 is 0 Å². The molecule has 0 radical (unpaired) electrons. The zero-order valence-electron chi connectivity index (χ0n) is 13.3. The van der Waals surface area contributed by atoms with Crippen LogP contribution in [0.3, 0.4) is 0 Å². The van der Waals surface area contributed by atoms with Crippen LogP contribution in [0.2, 0.25) is 0 Å². The van der Waals surface area contributed by atoms with E-state index in [9.17, 15) is 4.79 Å². The van der Waals surface area contributed by atoms with Crippen molar-refractivity contribution in [1.29, 1.82) is 0 Å².